The molecule has 1 fully saturated rings. The molecule has 1 aliphatic rings. The van der Waals surface area contributed by atoms with Crippen LogP contribution in [0.4, 0.5) is 18.0 Å². The molecule has 1 heterocycles. The lowest BCUT2D eigenvalue weighted by atomic mass is 9.95. The number of nitrogens with one attached hydrogen (secondary N) is 1. The van der Waals surface area contributed by atoms with Gasteiger partial charge in [-0.2, -0.15) is 13.2 Å². The maximum absolute atomic E-state index is 12.8. The Balaban J connectivity index is 1.95. The second-order valence-corrected chi connectivity index (χ2v) is 7.83. The van der Waals surface area contributed by atoms with E-state index in [9.17, 15) is 27.6 Å². The Morgan fingerprint density at radius 1 is 1.17 bits per heavy atom. The minimum Gasteiger partial charge on any atom is -0.496 e. The first-order valence-electron chi connectivity index (χ1n) is 8.75. The van der Waals surface area contributed by atoms with Crippen molar-refractivity contribution in [1.29, 1.82) is 0 Å². The predicted molar refractivity (Wildman–Crippen MR) is 104 cm³/mol. The number of thioether (sulfide) groups is 1. The number of carbonyl (C=O) groups is 3. The van der Waals surface area contributed by atoms with Gasteiger partial charge in [0.05, 0.1) is 23.5 Å². The molecule has 6 nitrogen and oxygen atoms in total. The van der Waals surface area contributed by atoms with E-state index in [4.69, 9.17) is 10.5 Å². The van der Waals surface area contributed by atoms with Crippen molar-refractivity contribution in [3.05, 3.63) is 64.2 Å². The highest BCUT2D eigenvalue weighted by molar-refractivity contribution is 8.15. The van der Waals surface area contributed by atoms with Crippen LogP contribution in [0.25, 0.3) is 0 Å². The van der Waals surface area contributed by atoms with Crippen molar-refractivity contribution in [3.63, 3.8) is 0 Å². The predicted octanol–water partition coefficient (Wildman–Crippen LogP) is 3.30. The van der Waals surface area contributed by atoms with Crippen LogP contribution in [-0.2, 0) is 23.8 Å². The third-order valence-electron chi connectivity index (χ3n) is 4.56. The average molecular weight is 438 g/mol. The molecule has 158 valence electrons. The highest BCUT2D eigenvalue weighted by Gasteiger charge is 2.32. The maximum atomic E-state index is 12.8. The molecule has 1 unspecified atom stereocenters. The summed E-state index contributed by atoms with van der Waals surface area (Å²) in [5.74, 6) is -0.960. The summed E-state index contributed by atoms with van der Waals surface area (Å²) in [7, 11) is 1.36. The summed E-state index contributed by atoms with van der Waals surface area (Å²) in [5.41, 5.74) is 6.46. The van der Waals surface area contributed by atoms with Gasteiger partial charge in [0.25, 0.3) is 11.1 Å². The SMILES string of the molecule is COc1c(Cc2ccc(C(F)(F)F)cc2)cc(CC2SC(=O)NC2=O)cc1C(N)=O. The fourth-order valence-corrected chi connectivity index (χ4v) is 4.06. The number of imide groups is 1. The second-order valence-electron chi connectivity index (χ2n) is 6.66. The molecule has 0 aliphatic carbocycles. The summed E-state index contributed by atoms with van der Waals surface area (Å²) in [4.78, 5) is 35.2. The summed E-state index contributed by atoms with van der Waals surface area (Å²) in [6, 6.07) is 7.83. The molecule has 0 spiro atoms. The number of ether oxygens (including phenoxy) is 1. The number of benzene rings is 2. The first-order chi connectivity index (χ1) is 14.1. The monoisotopic (exact) mass is 438 g/mol. The van der Waals surface area contributed by atoms with Gasteiger partial charge in [-0.1, -0.05) is 30.0 Å². The van der Waals surface area contributed by atoms with E-state index in [1.165, 1.54) is 25.3 Å². The number of primary amides is 1. The molecule has 0 radical (unpaired) electrons. The van der Waals surface area contributed by atoms with E-state index < -0.39 is 34.0 Å². The van der Waals surface area contributed by atoms with Crippen LogP contribution in [0, 0.1) is 0 Å². The van der Waals surface area contributed by atoms with E-state index >= 15 is 0 Å². The van der Waals surface area contributed by atoms with Crippen molar-refractivity contribution in [2.75, 3.05) is 7.11 Å². The fraction of sp³-hybridized carbons (Fsp3) is 0.250. The summed E-state index contributed by atoms with van der Waals surface area (Å²) in [5, 5.41) is 1.10. The molecule has 2 aromatic rings. The van der Waals surface area contributed by atoms with Crippen LogP contribution in [0.15, 0.2) is 36.4 Å². The van der Waals surface area contributed by atoms with Crippen LogP contribution in [0.1, 0.15) is 32.6 Å². The van der Waals surface area contributed by atoms with E-state index in [0.29, 0.717) is 16.7 Å². The average Bonchev–Trinajstić information content (AvgIpc) is 2.98. The topological polar surface area (TPSA) is 98.5 Å². The summed E-state index contributed by atoms with van der Waals surface area (Å²) in [6.07, 6.45) is -4.09. The summed E-state index contributed by atoms with van der Waals surface area (Å²) in [6.45, 7) is 0. The Morgan fingerprint density at radius 3 is 2.33 bits per heavy atom. The van der Waals surface area contributed by atoms with E-state index in [1.54, 1.807) is 6.07 Å². The number of nitrogens with two attached hydrogens (primary N) is 1. The first-order valence-corrected chi connectivity index (χ1v) is 9.63. The van der Waals surface area contributed by atoms with Gasteiger partial charge < -0.3 is 10.5 Å². The quantitative estimate of drug-likeness (QED) is 0.721. The first kappa shape index (κ1) is 21.7. The normalized spacial score (nSPS) is 16.5. The number of alkyl halides is 3. The van der Waals surface area contributed by atoms with Gasteiger partial charge in [0.1, 0.15) is 5.75 Å². The molecule has 3 amide bonds. The molecule has 0 saturated carbocycles. The van der Waals surface area contributed by atoms with Crippen molar-refractivity contribution < 1.29 is 32.3 Å². The highest BCUT2D eigenvalue weighted by Crippen LogP contribution is 2.32. The highest BCUT2D eigenvalue weighted by atomic mass is 32.2. The number of carbonyl (C=O) groups excluding carboxylic acids is 3. The fourth-order valence-electron chi connectivity index (χ4n) is 3.20. The van der Waals surface area contributed by atoms with Gasteiger partial charge in [-0.3, -0.25) is 19.7 Å². The van der Waals surface area contributed by atoms with Gasteiger partial charge in [-0.25, -0.2) is 0 Å². The van der Waals surface area contributed by atoms with E-state index in [0.717, 1.165) is 23.9 Å². The van der Waals surface area contributed by atoms with Crippen LogP contribution >= 0.6 is 11.8 Å². The Bertz CT molecular complexity index is 1010. The smallest absolute Gasteiger partial charge is 0.416 e. The largest absolute Gasteiger partial charge is 0.496 e. The molecule has 30 heavy (non-hydrogen) atoms. The molecular weight excluding hydrogens is 421 g/mol. The lowest BCUT2D eigenvalue weighted by Gasteiger charge is -2.16. The summed E-state index contributed by atoms with van der Waals surface area (Å²) < 4.78 is 43.7. The van der Waals surface area contributed by atoms with Crippen molar-refractivity contribution in [3.8, 4) is 5.75 Å². The number of amides is 3. The van der Waals surface area contributed by atoms with Crippen molar-refractivity contribution in [2.45, 2.75) is 24.3 Å². The molecule has 0 aromatic heterocycles. The van der Waals surface area contributed by atoms with Gasteiger partial charge in [0, 0.05) is 6.42 Å². The number of methoxy groups -OCH3 is 1. The second kappa shape index (κ2) is 8.39. The van der Waals surface area contributed by atoms with E-state index in [1.807, 2.05) is 0 Å². The van der Waals surface area contributed by atoms with E-state index in [2.05, 4.69) is 5.32 Å². The number of halogens is 3. The zero-order valence-corrected chi connectivity index (χ0v) is 16.5. The van der Waals surface area contributed by atoms with Gasteiger partial charge in [0.15, 0.2) is 0 Å². The lowest BCUT2D eigenvalue weighted by molar-refractivity contribution is -0.137. The molecule has 1 saturated heterocycles. The van der Waals surface area contributed by atoms with Gasteiger partial charge in [-0.15, -0.1) is 0 Å². The Morgan fingerprint density at radius 2 is 1.83 bits per heavy atom. The minimum absolute atomic E-state index is 0.0895. The van der Waals surface area contributed by atoms with Gasteiger partial charge in [-0.05, 0) is 41.3 Å². The zero-order chi connectivity index (χ0) is 22.1. The number of hydrogen-bond acceptors (Lipinski definition) is 5. The minimum atomic E-state index is -4.44. The van der Waals surface area contributed by atoms with Crippen molar-refractivity contribution in [1.82, 2.24) is 5.32 Å². The van der Waals surface area contributed by atoms with Crippen LogP contribution in [0.3, 0.4) is 0 Å². The van der Waals surface area contributed by atoms with Crippen LogP contribution in [-0.4, -0.2) is 29.4 Å². The summed E-state index contributed by atoms with van der Waals surface area (Å²) >= 11 is 0.853. The lowest BCUT2D eigenvalue weighted by Crippen LogP contribution is -2.25. The molecule has 1 atom stereocenters. The molecule has 2 aromatic carbocycles. The Kier molecular flexibility index (Phi) is 6.06. The van der Waals surface area contributed by atoms with Gasteiger partial charge >= 0.3 is 6.18 Å². The Labute approximate surface area is 174 Å². The molecular formula is C20H17F3N2O4S. The van der Waals surface area contributed by atoms with Crippen molar-refractivity contribution >= 4 is 28.8 Å². The molecule has 3 N–H and O–H groups in total. The number of hydrogen-bond donors (Lipinski definition) is 2. The molecule has 0 bridgehead atoms. The Hall–Kier alpha value is -3.01. The molecule has 1 aliphatic heterocycles. The number of rotatable bonds is 6. The standard InChI is InChI=1S/C20H17F3N2O4S/c1-29-16-12(6-10-2-4-13(5-3-10)20(21,22)23)7-11(8-14(16)17(24)26)9-15-18(27)25-19(28)30-15/h2-5,7-8,15H,6,9H2,1H3,(H2,24,26)(H,25,27,28). The molecule has 10 heteroatoms. The van der Waals surface area contributed by atoms with Crippen LogP contribution in [0.2, 0.25) is 0 Å². The van der Waals surface area contributed by atoms with E-state index in [-0.39, 0.29) is 24.2 Å². The van der Waals surface area contributed by atoms with Crippen LogP contribution in [0.5, 0.6) is 5.75 Å². The molecule has 3 rings (SSSR count). The third kappa shape index (κ3) is 4.76. The van der Waals surface area contributed by atoms with Crippen molar-refractivity contribution in [2.24, 2.45) is 5.73 Å². The van der Waals surface area contributed by atoms with Gasteiger partial charge in [0.2, 0.25) is 5.91 Å². The van der Waals surface area contributed by atoms with Crippen LogP contribution < -0.4 is 15.8 Å². The maximum Gasteiger partial charge on any atom is 0.416 e. The zero-order valence-electron chi connectivity index (χ0n) is 15.7. The third-order valence-corrected chi connectivity index (χ3v) is 5.54.